The van der Waals surface area contributed by atoms with E-state index in [4.69, 9.17) is 5.11 Å². The molecule has 4 nitrogen and oxygen atoms in total. The van der Waals surface area contributed by atoms with Gasteiger partial charge < -0.3 is 10.4 Å². The van der Waals surface area contributed by atoms with Gasteiger partial charge in [0.2, 0.25) is 5.91 Å². The van der Waals surface area contributed by atoms with Crippen LogP contribution in [0.4, 0.5) is 4.39 Å². The van der Waals surface area contributed by atoms with E-state index < -0.39 is 5.97 Å². The summed E-state index contributed by atoms with van der Waals surface area (Å²) in [4.78, 5) is 23.0. The van der Waals surface area contributed by atoms with E-state index in [1.165, 1.54) is 17.8 Å². The molecule has 0 aliphatic rings. The summed E-state index contributed by atoms with van der Waals surface area (Å²) in [5, 5.41) is 11.5. The zero-order valence-corrected chi connectivity index (χ0v) is 12.8. The molecule has 0 spiro atoms. The molecule has 0 fully saturated rings. The van der Waals surface area contributed by atoms with Crippen LogP contribution < -0.4 is 5.32 Å². The monoisotopic (exact) mass is 313 g/mol. The first-order valence-electron chi connectivity index (χ1n) is 6.91. The smallest absolute Gasteiger partial charge is 0.305 e. The summed E-state index contributed by atoms with van der Waals surface area (Å²) in [6.07, 6.45) is 1.61. The molecule has 1 aromatic rings. The third kappa shape index (κ3) is 7.13. The molecule has 1 aromatic carbocycles. The van der Waals surface area contributed by atoms with E-state index in [2.05, 4.69) is 5.32 Å². The topological polar surface area (TPSA) is 66.4 Å². The zero-order valence-electron chi connectivity index (χ0n) is 12.0. The van der Waals surface area contributed by atoms with Gasteiger partial charge in [0, 0.05) is 23.1 Å². The van der Waals surface area contributed by atoms with Gasteiger partial charge in [0.25, 0.3) is 0 Å². The molecule has 0 aromatic heterocycles. The number of hydrogen-bond donors (Lipinski definition) is 2. The van der Waals surface area contributed by atoms with Crippen molar-refractivity contribution in [2.24, 2.45) is 0 Å². The summed E-state index contributed by atoms with van der Waals surface area (Å²) in [7, 11) is 0. The zero-order chi connectivity index (χ0) is 15.7. The number of halogens is 1. The minimum atomic E-state index is -0.922. The lowest BCUT2D eigenvalue weighted by Gasteiger charge is -2.16. The van der Waals surface area contributed by atoms with Crippen LogP contribution in [-0.4, -0.2) is 28.8 Å². The van der Waals surface area contributed by atoms with Crippen LogP contribution >= 0.6 is 11.8 Å². The molecule has 1 unspecified atom stereocenters. The van der Waals surface area contributed by atoms with Crippen LogP contribution in [0.25, 0.3) is 0 Å². The van der Waals surface area contributed by atoms with Crippen molar-refractivity contribution in [2.75, 3.05) is 5.75 Å². The van der Waals surface area contributed by atoms with Crippen molar-refractivity contribution in [3.05, 3.63) is 30.1 Å². The molecule has 0 saturated carbocycles. The number of thioether (sulfide) groups is 1. The lowest BCUT2D eigenvalue weighted by atomic mass is 10.1. The highest BCUT2D eigenvalue weighted by atomic mass is 32.2. The van der Waals surface area contributed by atoms with Gasteiger partial charge >= 0.3 is 5.97 Å². The minimum Gasteiger partial charge on any atom is -0.481 e. The van der Waals surface area contributed by atoms with Crippen molar-refractivity contribution in [2.45, 2.75) is 43.5 Å². The van der Waals surface area contributed by atoms with Crippen molar-refractivity contribution in [3.8, 4) is 0 Å². The number of rotatable bonds is 9. The van der Waals surface area contributed by atoms with Gasteiger partial charge in [0.1, 0.15) is 5.82 Å². The minimum absolute atomic E-state index is 0.0694. The maximum absolute atomic E-state index is 13.4. The Bertz CT molecular complexity index is 482. The molecule has 0 aliphatic heterocycles. The molecule has 1 amide bonds. The molecule has 21 heavy (non-hydrogen) atoms. The average Bonchev–Trinajstić information content (AvgIpc) is 2.40. The van der Waals surface area contributed by atoms with Gasteiger partial charge in [0.15, 0.2) is 0 Å². The molecule has 6 heteroatoms. The first-order chi connectivity index (χ1) is 10.0. The normalized spacial score (nSPS) is 11.9. The number of aliphatic carboxylic acids is 1. The maximum Gasteiger partial charge on any atom is 0.305 e. The van der Waals surface area contributed by atoms with Crippen LogP contribution in [0.1, 0.15) is 32.6 Å². The third-order valence-electron chi connectivity index (χ3n) is 2.85. The predicted octanol–water partition coefficient (Wildman–Crippen LogP) is 3.07. The number of nitrogens with one attached hydrogen (secondary N) is 1. The molecular weight excluding hydrogens is 293 g/mol. The second-order valence-electron chi connectivity index (χ2n) is 4.68. The van der Waals surface area contributed by atoms with Crippen LogP contribution in [0.15, 0.2) is 29.2 Å². The average molecular weight is 313 g/mol. The summed E-state index contributed by atoms with van der Waals surface area (Å²) >= 11 is 1.28. The van der Waals surface area contributed by atoms with Gasteiger partial charge in [-0.05, 0) is 18.6 Å². The Morgan fingerprint density at radius 2 is 2.10 bits per heavy atom. The Balaban J connectivity index is 2.35. The van der Waals surface area contributed by atoms with Crippen LogP contribution in [0.2, 0.25) is 0 Å². The summed E-state index contributed by atoms with van der Waals surface area (Å²) in [5.41, 5.74) is 0. The maximum atomic E-state index is 13.4. The molecule has 0 aliphatic carbocycles. The lowest BCUT2D eigenvalue weighted by molar-refractivity contribution is -0.137. The number of carboxylic acid groups (broad SMARTS) is 1. The van der Waals surface area contributed by atoms with E-state index in [1.54, 1.807) is 18.2 Å². The first-order valence-corrected chi connectivity index (χ1v) is 7.90. The fourth-order valence-corrected chi connectivity index (χ4v) is 2.79. The molecular formula is C15H20FNO3S. The molecule has 1 atom stereocenters. The van der Waals surface area contributed by atoms with Gasteiger partial charge in [-0.1, -0.05) is 25.5 Å². The van der Waals surface area contributed by atoms with E-state index in [1.807, 2.05) is 6.92 Å². The standard InChI is InChI=1S/C15H20FNO3S/c1-2-5-11(10-15(19)20)17-14(18)8-9-21-13-7-4-3-6-12(13)16/h3-4,6-7,11H,2,5,8-10H2,1H3,(H,17,18)(H,19,20). The molecule has 0 heterocycles. The fourth-order valence-electron chi connectivity index (χ4n) is 1.90. The van der Waals surface area contributed by atoms with Gasteiger partial charge in [-0.25, -0.2) is 4.39 Å². The Labute approximate surface area is 128 Å². The molecule has 2 N–H and O–H groups in total. The quantitative estimate of drug-likeness (QED) is 0.688. The number of carbonyl (C=O) groups excluding carboxylic acids is 1. The summed E-state index contributed by atoms with van der Waals surface area (Å²) in [6.45, 7) is 1.94. The van der Waals surface area contributed by atoms with Crippen LogP contribution in [0.3, 0.4) is 0 Å². The fraction of sp³-hybridized carbons (Fsp3) is 0.467. The van der Waals surface area contributed by atoms with Crippen LogP contribution in [-0.2, 0) is 9.59 Å². The Morgan fingerprint density at radius 3 is 2.71 bits per heavy atom. The van der Waals surface area contributed by atoms with Crippen LogP contribution in [0, 0.1) is 5.82 Å². The number of hydrogen-bond acceptors (Lipinski definition) is 3. The van der Waals surface area contributed by atoms with Gasteiger partial charge in [-0.2, -0.15) is 0 Å². The summed E-state index contributed by atoms with van der Waals surface area (Å²) in [5.74, 6) is -0.954. The van der Waals surface area contributed by atoms with Gasteiger partial charge in [-0.3, -0.25) is 9.59 Å². The lowest BCUT2D eigenvalue weighted by Crippen LogP contribution is -2.36. The van der Waals surface area contributed by atoms with E-state index in [9.17, 15) is 14.0 Å². The van der Waals surface area contributed by atoms with Gasteiger partial charge in [0.05, 0.1) is 6.42 Å². The largest absolute Gasteiger partial charge is 0.481 e. The van der Waals surface area contributed by atoms with E-state index in [0.717, 1.165) is 6.42 Å². The highest BCUT2D eigenvalue weighted by Crippen LogP contribution is 2.21. The Morgan fingerprint density at radius 1 is 1.38 bits per heavy atom. The Kier molecular flexibility index (Phi) is 7.82. The number of carboxylic acids is 1. The molecule has 116 valence electrons. The van der Waals surface area contributed by atoms with E-state index >= 15 is 0 Å². The van der Waals surface area contributed by atoms with Crippen molar-refractivity contribution in [1.82, 2.24) is 5.32 Å². The SMILES string of the molecule is CCCC(CC(=O)O)NC(=O)CCSc1ccccc1F. The number of benzene rings is 1. The Hall–Kier alpha value is -1.56. The molecule has 0 radical (unpaired) electrons. The summed E-state index contributed by atoms with van der Waals surface area (Å²) in [6, 6.07) is 6.08. The highest BCUT2D eigenvalue weighted by Gasteiger charge is 2.15. The molecule has 0 saturated heterocycles. The second-order valence-corrected chi connectivity index (χ2v) is 5.82. The van der Waals surface area contributed by atoms with E-state index in [0.29, 0.717) is 17.1 Å². The van der Waals surface area contributed by atoms with Crippen LogP contribution in [0.5, 0.6) is 0 Å². The van der Waals surface area contributed by atoms with Crippen molar-refractivity contribution < 1.29 is 19.1 Å². The predicted molar refractivity (Wildman–Crippen MR) is 80.8 cm³/mol. The number of carbonyl (C=O) groups is 2. The van der Waals surface area contributed by atoms with Crippen molar-refractivity contribution in [3.63, 3.8) is 0 Å². The molecule has 1 rings (SSSR count). The number of amides is 1. The second kappa shape index (κ2) is 9.39. The van der Waals surface area contributed by atoms with Crippen molar-refractivity contribution >= 4 is 23.6 Å². The van der Waals surface area contributed by atoms with E-state index in [-0.39, 0.29) is 30.6 Å². The highest BCUT2D eigenvalue weighted by molar-refractivity contribution is 7.99. The molecule has 0 bridgehead atoms. The van der Waals surface area contributed by atoms with Gasteiger partial charge in [-0.15, -0.1) is 11.8 Å². The first kappa shape index (κ1) is 17.5. The third-order valence-corrected chi connectivity index (χ3v) is 3.90. The summed E-state index contributed by atoms with van der Waals surface area (Å²) < 4.78 is 13.4. The van der Waals surface area contributed by atoms with Crippen molar-refractivity contribution in [1.29, 1.82) is 0 Å².